The zero-order chi connectivity index (χ0) is 10.6. The minimum Gasteiger partial charge on any atom is -0.316 e. The third-order valence-corrected chi connectivity index (χ3v) is 2.55. The molecule has 0 bridgehead atoms. The van der Waals surface area contributed by atoms with Crippen molar-refractivity contribution in [2.75, 3.05) is 5.75 Å². The average molecular weight is 216 g/mol. The molecular formula is C8H12N2O3S. The van der Waals surface area contributed by atoms with Gasteiger partial charge < -0.3 is 5.21 Å². The average Bonchev–Trinajstić information content (AvgIpc) is 2.14. The van der Waals surface area contributed by atoms with Gasteiger partial charge in [-0.25, -0.2) is 13.6 Å². The van der Waals surface area contributed by atoms with E-state index in [1.54, 1.807) is 30.3 Å². The van der Waals surface area contributed by atoms with Crippen LogP contribution in [0.2, 0.25) is 0 Å². The van der Waals surface area contributed by atoms with Gasteiger partial charge >= 0.3 is 0 Å². The van der Waals surface area contributed by atoms with Gasteiger partial charge in [-0.15, -0.1) is 0 Å². The first-order valence-corrected chi connectivity index (χ1v) is 5.69. The van der Waals surface area contributed by atoms with E-state index >= 15 is 0 Å². The Morgan fingerprint density at radius 1 is 1.36 bits per heavy atom. The smallest absolute Gasteiger partial charge is 0.211 e. The minimum absolute atomic E-state index is 0.340. The van der Waals surface area contributed by atoms with Gasteiger partial charge in [-0.1, -0.05) is 30.3 Å². The van der Waals surface area contributed by atoms with Gasteiger partial charge in [0, 0.05) is 0 Å². The standard InChI is InChI=1S/C8H12N2O3S/c9-14(12,13)6-8(10-11)7-4-2-1-3-5-7/h1-5,8,10-11H,6H2,(H2,9,12,13)/t8-/m0/s1. The number of nitrogens with two attached hydrogens (primary N) is 1. The highest BCUT2D eigenvalue weighted by Gasteiger charge is 2.16. The SMILES string of the molecule is NS(=O)(=O)C[C@H](NO)c1ccccc1. The predicted molar refractivity (Wildman–Crippen MR) is 52.1 cm³/mol. The van der Waals surface area contributed by atoms with Crippen LogP contribution in [0.5, 0.6) is 0 Å². The summed E-state index contributed by atoms with van der Waals surface area (Å²) in [4.78, 5) is 0. The summed E-state index contributed by atoms with van der Waals surface area (Å²) < 4.78 is 21.6. The normalized spacial score (nSPS) is 13.9. The van der Waals surface area contributed by atoms with Crippen molar-refractivity contribution in [1.29, 1.82) is 0 Å². The topological polar surface area (TPSA) is 92.4 Å². The Kier molecular flexibility index (Phi) is 3.59. The van der Waals surface area contributed by atoms with Crippen LogP contribution in [-0.4, -0.2) is 19.4 Å². The molecule has 0 radical (unpaired) electrons. The van der Waals surface area contributed by atoms with E-state index in [4.69, 9.17) is 10.3 Å². The zero-order valence-corrected chi connectivity index (χ0v) is 8.24. The van der Waals surface area contributed by atoms with E-state index in [1.807, 2.05) is 5.48 Å². The number of hydrogen-bond acceptors (Lipinski definition) is 4. The lowest BCUT2D eigenvalue weighted by Gasteiger charge is -2.13. The lowest BCUT2D eigenvalue weighted by molar-refractivity contribution is 0.134. The maximum Gasteiger partial charge on any atom is 0.211 e. The summed E-state index contributed by atoms with van der Waals surface area (Å²) in [7, 11) is -3.61. The number of primary sulfonamides is 1. The summed E-state index contributed by atoms with van der Waals surface area (Å²) in [5.74, 6) is -0.340. The molecule has 1 aromatic rings. The van der Waals surface area contributed by atoms with Crippen molar-refractivity contribution in [2.24, 2.45) is 5.14 Å². The van der Waals surface area contributed by atoms with Gasteiger partial charge in [0.15, 0.2) is 0 Å². The highest BCUT2D eigenvalue weighted by Crippen LogP contribution is 2.12. The summed E-state index contributed by atoms with van der Waals surface area (Å²) >= 11 is 0. The molecule has 1 rings (SSSR count). The summed E-state index contributed by atoms with van der Waals surface area (Å²) in [6.07, 6.45) is 0. The summed E-state index contributed by atoms with van der Waals surface area (Å²) in [6.45, 7) is 0. The van der Waals surface area contributed by atoms with Crippen LogP contribution in [0.1, 0.15) is 11.6 Å². The minimum atomic E-state index is -3.61. The fourth-order valence-electron chi connectivity index (χ4n) is 1.13. The van der Waals surface area contributed by atoms with E-state index in [9.17, 15) is 8.42 Å². The third-order valence-electron chi connectivity index (χ3n) is 1.76. The maximum absolute atomic E-state index is 10.8. The van der Waals surface area contributed by atoms with Crippen molar-refractivity contribution < 1.29 is 13.6 Å². The van der Waals surface area contributed by atoms with E-state index in [0.717, 1.165) is 0 Å². The molecule has 78 valence electrons. The second-order valence-electron chi connectivity index (χ2n) is 2.92. The molecule has 0 aliphatic carbocycles. The summed E-state index contributed by atoms with van der Waals surface area (Å²) in [5.41, 5.74) is 2.59. The number of hydroxylamine groups is 1. The first-order chi connectivity index (χ1) is 6.53. The molecule has 5 nitrogen and oxygen atoms in total. The molecule has 0 fully saturated rings. The third kappa shape index (κ3) is 3.43. The molecule has 0 aromatic heterocycles. The largest absolute Gasteiger partial charge is 0.316 e. The summed E-state index contributed by atoms with van der Waals surface area (Å²) in [5, 5.41) is 13.6. The molecule has 0 spiro atoms. The number of rotatable bonds is 4. The van der Waals surface area contributed by atoms with Crippen molar-refractivity contribution in [3.63, 3.8) is 0 Å². The zero-order valence-electron chi connectivity index (χ0n) is 7.42. The Morgan fingerprint density at radius 2 is 1.93 bits per heavy atom. The molecule has 0 amide bonds. The molecule has 4 N–H and O–H groups in total. The molecule has 0 saturated heterocycles. The van der Waals surface area contributed by atoms with Gasteiger partial charge in [0.05, 0.1) is 11.8 Å². The molecular weight excluding hydrogens is 204 g/mol. The van der Waals surface area contributed by atoms with Gasteiger partial charge in [0.2, 0.25) is 10.0 Å². The molecule has 6 heteroatoms. The quantitative estimate of drug-likeness (QED) is 0.617. The van der Waals surface area contributed by atoms with Gasteiger partial charge in [-0.3, -0.25) is 0 Å². The first-order valence-electron chi connectivity index (χ1n) is 3.98. The Hall–Kier alpha value is -0.950. The van der Waals surface area contributed by atoms with E-state index in [2.05, 4.69) is 0 Å². The predicted octanol–water partition coefficient (Wildman–Crippen LogP) is -0.00500. The molecule has 1 aromatic carbocycles. The van der Waals surface area contributed by atoms with Crippen LogP contribution in [0.25, 0.3) is 0 Å². The molecule has 1 atom stereocenters. The first kappa shape index (κ1) is 11.1. The van der Waals surface area contributed by atoms with E-state index in [0.29, 0.717) is 5.56 Å². The fourth-order valence-corrected chi connectivity index (χ4v) is 1.86. The van der Waals surface area contributed by atoms with Gasteiger partial charge in [-0.2, -0.15) is 5.48 Å². The number of nitrogens with one attached hydrogen (secondary N) is 1. The van der Waals surface area contributed by atoms with Crippen LogP contribution in [0.3, 0.4) is 0 Å². The fraction of sp³-hybridized carbons (Fsp3) is 0.250. The lowest BCUT2D eigenvalue weighted by Crippen LogP contribution is -2.29. The molecule has 0 aliphatic heterocycles. The van der Waals surface area contributed by atoms with E-state index < -0.39 is 16.1 Å². The Bertz CT molecular complexity index is 377. The molecule has 0 heterocycles. The van der Waals surface area contributed by atoms with Crippen molar-refractivity contribution in [2.45, 2.75) is 6.04 Å². The van der Waals surface area contributed by atoms with Crippen LogP contribution in [0.4, 0.5) is 0 Å². The Morgan fingerprint density at radius 3 is 2.36 bits per heavy atom. The molecule has 0 saturated carbocycles. The van der Waals surface area contributed by atoms with Crippen LogP contribution >= 0.6 is 0 Å². The van der Waals surface area contributed by atoms with Gasteiger partial charge in [-0.05, 0) is 5.56 Å². The second-order valence-corrected chi connectivity index (χ2v) is 4.58. The van der Waals surface area contributed by atoms with E-state index in [1.165, 1.54) is 0 Å². The number of hydrogen-bond donors (Lipinski definition) is 3. The van der Waals surface area contributed by atoms with Crippen molar-refractivity contribution >= 4 is 10.0 Å². The highest BCUT2D eigenvalue weighted by molar-refractivity contribution is 7.89. The lowest BCUT2D eigenvalue weighted by atomic mass is 10.1. The molecule has 0 aliphatic rings. The van der Waals surface area contributed by atoms with Crippen molar-refractivity contribution in [3.05, 3.63) is 35.9 Å². The van der Waals surface area contributed by atoms with E-state index in [-0.39, 0.29) is 5.75 Å². The van der Waals surface area contributed by atoms with Crippen molar-refractivity contribution in [1.82, 2.24) is 5.48 Å². The van der Waals surface area contributed by atoms with Gasteiger partial charge in [0.1, 0.15) is 0 Å². The highest BCUT2D eigenvalue weighted by atomic mass is 32.2. The summed E-state index contributed by atoms with van der Waals surface area (Å²) in [6, 6.07) is 8.03. The van der Waals surface area contributed by atoms with Crippen LogP contribution < -0.4 is 10.6 Å². The molecule has 0 unspecified atom stereocenters. The van der Waals surface area contributed by atoms with Crippen molar-refractivity contribution in [3.8, 4) is 0 Å². The molecule has 14 heavy (non-hydrogen) atoms. The maximum atomic E-state index is 10.8. The van der Waals surface area contributed by atoms with Crippen LogP contribution in [0, 0.1) is 0 Å². The Balaban J connectivity index is 2.84. The van der Waals surface area contributed by atoms with Gasteiger partial charge in [0.25, 0.3) is 0 Å². The van der Waals surface area contributed by atoms with Crippen LogP contribution in [-0.2, 0) is 10.0 Å². The van der Waals surface area contributed by atoms with Crippen LogP contribution in [0.15, 0.2) is 30.3 Å². The number of benzene rings is 1. The second kappa shape index (κ2) is 4.52. The Labute approximate surface area is 82.6 Å². The number of sulfonamides is 1. The monoisotopic (exact) mass is 216 g/mol.